The second-order valence-corrected chi connectivity index (χ2v) is 6.05. The average Bonchev–Trinajstić information content (AvgIpc) is 3.08. The summed E-state index contributed by atoms with van der Waals surface area (Å²) in [6.45, 7) is 4.77. The first kappa shape index (κ1) is 16.2. The first-order valence-electron chi connectivity index (χ1n) is 8.11. The minimum absolute atomic E-state index is 0.194. The molecule has 1 aliphatic heterocycles. The minimum Gasteiger partial charge on any atom is -0.454 e. The van der Waals surface area contributed by atoms with E-state index in [0.29, 0.717) is 6.54 Å². The van der Waals surface area contributed by atoms with Crippen LogP contribution < -0.4 is 20.1 Å². The fourth-order valence-corrected chi connectivity index (χ4v) is 2.70. The normalized spacial score (nSPS) is 14.8. The fraction of sp³-hybridized carbons (Fsp3) is 0.316. The molecule has 0 fully saturated rings. The first-order valence-corrected chi connectivity index (χ1v) is 8.11. The van der Waals surface area contributed by atoms with Crippen LogP contribution in [0, 0.1) is 0 Å². The Kier molecular flexibility index (Phi) is 4.60. The molecule has 0 radical (unpaired) electrons. The molecule has 0 spiro atoms. The summed E-state index contributed by atoms with van der Waals surface area (Å²) >= 11 is 0. The van der Waals surface area contributed by atoms with E-state index < -0.39 is 5.54 Å². The van der Waals surface area contributed by atoms with Crippen LogP contribution in [0.1, 0.15) is 31.4 Å². The summed E-state index contributed by atoms with van der Waals surface area (Å²) in [6.07, 6.45) is 0.800. The molecule has 126 valence electrons. The van der Waals surface area contributed by atoms with Crippen molar-refractivity contribution >= 4 is 6.03 Å². The number of nitrogens with one attached hydrogen (secondary N) is 2. The van der Waals surface area contributed by atoms with Crippen LogP contribution in [0.4, 0.5) is 4.79 Å². The Hall–Kier alpha value is -2.69. The topological polar surface area (TPSA) is 59.6 Å². The molecule has 0 bridgehead atoms. The van der Waals surface area contributed by atoms with E-state index in [1.807, 2.05) is 55.5 Å². The first-order chi connectivity index (χ1) is 11.6. The van der Waals surface area contributed by atoms with Crippen molar-refractivity contribution in [3.05, 3.63) is 59.7 Å². The van der Waals surface area contributed by atoms with Crippen molar-refractivity contribution in [2.24, 2.45) is 0 Å². The fourth-order valence-electron chi connectivity index (χ4n) is 2.70. The lowest BCUT2D eigenvalue weighted by atomic mass is 9.89. The van der Waals surface area contributed by atoms with Crippen LogP contribution in [0.25, 0.3) is 0 Å². The Morgan fingerprint density at radius 1 is 1.12 bits per heavy atom. The van der Waals surface area contributed by atoms with Crippen molar-refractivity contribution in [2.75, 3.05) is 6.79 Å². The maximum Gasteiger partial charge on any atom is 0.315 e. The molecule has 2 amide bonds. The van der Waals surface area contributed by atoms with Gasteiger partial charge in [0.15, 0.2) is 11.5 Å². The van der Waals surface area contributed by atoms with Crippen molar-refractivity contribution < 1.29 is 14.3 Å². The van der Waals surface area contributed by atoms with Gasteiger partial charge in [0, 0.05) is 6.54 Å². The molecule has 1 aliphatic rings. The molecule has 3 rings (SSSR count). The predicted octanol–water partition coefficient (Wildman–Crippen LogP) is 3.54. The van der Waals surface area contributed by atoms with Crippen molar-refractivity contribution in [1.82, 2.24) is 10.6 Å². The summed E-state index contributed by atoms with van der Waals surface area (Å²) in [6, 6.07) is 15.5. The van der Waals surface area contributed by atoms with Gasteiger partial charge in [-0.05, 0) is 36.6 Å². The zero-order valence-electron chi connectivity index (χ0n) is 14.0. The molecule has 2 N–H and O–H groups in total. The van der Waals surface area contributed by atoms with Crippen LogP contribution in [-0.2, 0) is 12.1 Å². The molecular weight excluding hydrogens is 304 g/mol. The Morgan fingerprint density at radius 3 is 2.62 bits per heavy atom. The van der Waals surface area contributed by atoms with E-state index >= 15 is 0 Å². The number of ether oxygens (including phenoxy) is 2. The second kappa shape index (κ2) is 6.83. The summed E-state index contributed by atoms with van der Waals surface area (Å²) < 4.78 is 10.6. The van der Waals surface area contributed by atoms with E-state index in [2.05, 4.69) is 17.6 Å². The predicted molar refractivity (Wildman–Crippen MR) is 92.0 cm³/mol. The van der Waals surface area contributed by atoms with Gasteiger partial charge in [-0.3, -0.25) is 0 Å². The highest BCUT2D eigenvalue weighted by atomic mass is 16.7. The molecule has 0 saturated carbocycles. The molecule has 24 heavy (non-hydrogen) atoms. The zero-order valence-corrected chi connectivity index (χ0v) is 14.0. The lowest BCUT2D eigenvalue weighted by Crippen LogP contribution is -2.47. The Bertz CT molecular complexity index is 718. The van der Waals surface area contributed by atoms with Gasteiger partial charge >= 0.3 is 6.03 Å². The summed E-state index contributed by atoms with van der Waals surface area (Å²) in [4.78, 5) is 12.3. The zero-order chi connectivity index (χ0) is 17.0. The maximum absolute atomic E-state index is 12.3. The highest BCUT2D eigenvalue weighted by Gasteiger charge is 2.26. The number of rotatable bonds is 5. The molecule has 0 unspecified atom stereocenters. The van der Waals surface area contributed by atoms with E-state index in [1.54, 1.807) is 0 Å². The van der Waals surface area contributed by atoms with E-state index in [1.165, 1.54) is 0 Å². The third kappa shape index (κ3) is 3.45. The lowest BCUT2D eigenvalue weighted by molar-refractivity contribution is 0.174. The smallest absolute Gasteiger partial charge is 0.315 e. The molecule has 2 aromatic rings. The van der Waals surface area contributed by atoms with E-state index in [4.69, 9.17) is 9.47 Å². The maximum atomic E-state index is 12.3. The molecule has 5 nitrogen and oxygen atoms in total. The van der Waals surface area contributed by atoms with Gasteiger partial charge < -0.3 is 20.1 Å². The number of benzene rings is 2. The number of carbonyl (C=O) groups is 1. The Morgan fingerprint density at radius 2 is 1.88 bits per heavy atom. The van der Waals surface area contributed by atoms with Crippen LogP contribution in [0.5, 0.6) is 11.5 Å². The highest BCUT2D eigenvalue weighted by molar-refractivity contribution is 5.75. The van der Waals surface area contributed by atoms with E-state index in [0.717, 1.165) is 29.0 Å². The van der Waals surface area contributed by atoms with Crippen LogP contribution in [0.3, 0.4) is 0 Å². The van der Waals surface area contributed by atoms with Gasteiger partial charge in [-0.2, -0.15) is 0 Å². The average molecular weight is 326 g/mol. The molecular formula is C19H22N2O3. The number of amides is 2. The Labute approximate surface area is 142 Å². The SMILES string of the molecule is CC[C@@](C)(NC(=O)NCc1ccc2c(c1)OCO2)c1ccccc1. The summed E-state index contributed by atoms with van der Waals surface area (Å²) in [5, 5.41) is 5.98. The van der Waals surface area contributed by atoms with Gasteiger partial charge in [-0.15, -0.1) is 0 Å². The summed E-state index contributed by atoms with van der Waals surface area (Å²) in [5.41, 5.74) is 1.65. The van der Waals surface area contributed by atoms with E-state index in [-0.39, 0.29) is 12.8 Å². The molecule has 0 aliphatic carbocycles. The van der Waals surface area contributed by atoms with Gasteiger partial charge in [0.1, 0.15) is 0 Å². The van der Waals surface area contributed by atoms with Crippen molar-refractivity contribution in [3.63, 3.8) is 0 Å². The summed E-state index contributed by atoms with van der Waals surface area (Å²) in [5.74, 6) is 1.46. The van der Waals surface area contributed by atoms with Gasteiger partial charge in [-0.1, -0.05) is 43.3 Å². The highest BCUT2D eigenvalue weighted by Crippen LogP contribution is 2.32. The number of hydrogen-bond donors (Lipinski definition) is 2. The number of urea groups is 1. The van der Waals surface area contributed by atoms with Crippen LogP contribution in [-0.4, -0.2) is 12.8 Å². The van der Waals surface area contributed by atoms with Crippen molar-refractivity contribution in [1.29, 1.82) is 0 Å². The third-order valence-corrected chi connectivity index (χ3v) is 4.40. The standard InChI is InChI=1S/C19H22N2O3/c1-3-19(2,15-7-5-4-6-8-15)21-18(22)20-12-14-9-10-16-17(11-14)24-13-23-16/h4-11H,3,12-13H2,1-2H3,(H2,20,21,22)/t19-/m1/s1. The number of hydrogen-bond acceptors (Lipinski definition) is 3. The van der Waals surface area contributed by atoms with Crippen LogP contribution in [0.15, 0.2) is 48.5 Å². The van der Waals surface area contributed by atoms with Gasteiger partial charge in [0.25, 0.3) is 0 Å². The largest absolute Gasteiger partial charge is 0.454 e. The Balaban J connectivity index is 1.60. The number of carbonyl (C=O) groups excluding carboxylic acids is 1. The van der Waals surface area contributed by atoms with Crippen molar-refractivity contribution in [3.8, 4) is 11.5 Å². The summed E-state index contributed by atoms with van der Waals surface area (Å²) in [7, 11) is 0. The van der Waals surface area contributed by atoms with Crippen LogP contribution >= 0.6 is 0 Å². The molecule has 1 heterocycles. The minimum atomic E-state index is -0.403. The van der Waals surface area contributed by atoms with E-state index in [9.17, 15) is 4.79 Å². The molecule has 2 aromatic carbocycles. The van der Waals surface area contributed by atoms with Crippen molar-refractivity contribution in [2.45, 2.75) is 32.4 Å². The molecule has 5 heteroatoms. The molecule has 0 aromatic heterocycles. The third-order valence-electron chi connectivity index (χ3n) is 4.40. The number of fused-ring (bicyclic) bond motifs is 1. The monoisotopic (exact) mass is 326 g/mol. The molecule has 1 atom stereocenters. The van der Waals surface area contributed by atoms with Gasteiger partial charge in [0.05, 0.1) is 5.54 Å². The molecule has 0 saturated heterocycles. The van der Waals surface area contributed by atoms with Gasteiger partial charge in [-0.25, -0.2) is 4.79 Å². The lowest BCUT2D eigenvalue weighted by Gasteiger charge is -2.30. The van der Waals surface area contributed by atoms with Gasteiger partial charge in [0.2, 0.25) is 6.79 Å². The second-order valence-electron chi connectivity index (χ2n) is 6.05. The van der Waals surface area contributed by atoms with Crippen LogP contribution in [0.2, 0.25) is 0 Å². The quantitative estimate of drug-likeness (QED) is 0.883.